The van der Waals surface area contributed by atoms with Crippen molar-refractivity contribution in [2.75, 3.05) is 5.73 Å². The van der Waals surface area contributed by atoms with Gasteiger partial charge in [-0.15, -0.1) is 4.73 Å². The molecule has 2 aromatic heterocycles. The summed E-state index contributed by atoms with van der Waals surface area (Å²) in [6.07, 6.45) is 8.46. The summed E-state index contributed by atoms with van der Waals surface area (Å²) >= 11 is 0. The van der Waals surface area contributed by atoms with E-state index in [0.717, 1.165) is 28.8 Å². The number of hydrogen-bond acceptors (Lipinski definition) is 5. The number of rotatable bonds is 7. The number of amides is 1. The summed E-state index contributed by atoms with van der Waals surface area (Å²) in [4.78, 5) is 37.0. The van der Waals surface area contributed by atoms with Crippen LogP contribution in [0.3, 0.4) is 0 Å². The summed E-state index contributed by atoms with van der Waals surface area (Å²) in [5.74, 6) is 4.59. The Morgan fingerprint density at radius 2 is 1.88 bits per heavy atom. The van der Waals surface area contributed by atoms with Crippen molar-refractivity contribution in [1.82, 2.24) is 15.0 Å². The number of nitrogens with zero attached hydrogens (tertiary/aromatic N) is 2. The van der Waals surface area contributed by atoms with Gasteiger partial charge in [0.2, 0.25) is 0 Å². The highest BCUT2D eigenvalue weighted by Gasteiger charge is 2.23. The molecular formula is C32H30F2N4O3. The lowest BCUT2D eigenvalue weighted by Crippen LogP contribution is -2.37. The zero-order valence-corrected chi connectivity index (χ0v) is 22.5. The fourth-order valence-electron chi connectivity index (χ4n) is 5.00. The second kappa shape index (κ2) is 12.6. The van der Waals surface area contributed by atoms with Crippen LogP contribution in [-0.2, 0) is 13.2 Å². The molecule has 1 saturated carbocycles. The van der Waals surface area contributed by atoms with Crippen LogP contribution < -0.4 is 21.4 Å². The van der Waals surface area contributed by atoms with Gasteiger partial charge >= 0.3 is 0 Å². The van der Waals surface area contributed by atoms with Crippen LogP contribution in [-0.4, -0.2) is 15.6 Å². The number of nitrogens with two attached hydrogens (primary N) is 1. The van der Waals surface area contributed by atoms with Crippen LogP contribution in [0.15, 0.2) is 65.6 Å². The van der Waals surface area contributed by atoms with E-state index in [1.54, 1.807) is 12.3 Å². The van der Waals surface area contributed by atoms with E-state index in [9.17, 15) is 18.4 Å². The summed E-state index contributed by atoms with van der Waals surface area (Å²) in [5.41, 5.74) is 6.69. The van der Waals surface area contributed by atoms with E-state index >= 15 is 0 Å². The van der Waals surface area contributed by atoms with Gasteiger partial charge in [-0.05, 0) is 36.5 Å². The number of nitrogen functional groups attached to an aromatic ring is 1. The number of anilines is 1. The Morgan fingerprint density at radius 1 is 1.10 bits per heavy atom. The number of aromatic nitrogens is 2. The van der Waals surface area contributed by atoms with Crippen molar-refractivity contribution in [1.29, 1.82) is 0 Å². The van der Waals surface area contributed by atoms with Crippen LogP contribution in [0, 0.1) is 29.4 Å². The molecule has 0 atom stereocenters. The molecule has 0 saturated heterocycles. The molecule has 1 aliphatic rings. The Labute approximate surface area is 236 Å². The molecule has 1 amide bonds. The molecule has 2 heterocycles. The predicted octanol–water partition coefficient (Wildman–Crippen LogP) is 5.14. The van der Waals surface area contributed by atoms with Gasteiger partial charge in [-0.2, -0.15) is 0 Å². The highest BCUT2D eigenvalue weighted by Crippen LogP contribution is 2.26. The molecule has 5 rings (SSSR count). The molecule has 0 radical (unpaired) electrons. The Morgan fingerprint density at radius 3 is 2.63 bits per heavy atom. The normalized spacial score (nSPS) is 13.4. The molecule has 0 unspecified atom stereocenters. The van der Waals surface area contributed by atoms with Gasteiger partial charge in [0.05, 0.1) is 5.69 Å². The molecule has 0 bridgehead atoms. The monoisotopic (exact) mass is 556 g/mol. The van der Waals surface area contributed by atoms with Gasteiger partial charge in [0, 0.05) is 41.7 Å². The van der Waals surface area contributed by atoms with Gasteiger partial charge in [0.25, 0.3) is 11.5 Å². The van der Waals surface area contributed by atoms with E-state index in [4.69, 9.17) is 10.6 Å². The molecule has 0 aliphatic heterocycles. The van der Waals surface area contributed by atoms with Crippen molar-refractivity contribution in [3.8, 4) is 11.8 Å². The number of hydrogen-bond donors (Lipinski definition) is 2. The molecular weight excluding hydrogens is 526 g/mol. The zero-order chi connectivity index (χ0) is 28.8. The second-order valence-corrected chi connectivity index (χ2v) is 10.2. The van der Waals surface area contributed by atoms with E-state index in [1.807, 2.05) is 30.3 Å². The van der Waals surface area contributed by atoms with Gasteiger partial charge < -0.3 is 15.9 Å². The van der Waals surface area contributed by atoms with Gasteiger partial charge in [0.1, 0.15) is 23.8 Å². The van der Waals surface area contributed by atoms with Crippen molar-refractivity contribution in [2.24, 2.45) is 5.92 Å². The maximum atomic E-state index is 14.1. The minimum absolute atomic E-state index is 0.0340. The zero-order valence-electron chi connectivity index (χ0n) is 22.5. The van der Waals surface area contributed by atoms with Crippen LogP contribution >= 0.6 is 0 Å². The molecule has 41 heavy (non-hydrogen) atoms. The topological polar surface area (TPSA) is 99.2 Å². The van der Waals surface area contributed by atoms with Crippen molar-refractivity contribution in [2.45, 2.75) is 51.7 Å². The first kappa shape index (κ1) is 27.8. The number of nitrogens with one attached hydrogen (secondary N) is 1. The van der Waals surface area contributed by atoms with Crippen molar-refractivity contribution in [3.63, 3.8) is 0 Å². The molecule has 9 heteroatoms. The van der Waals surface area contributed by atoms with Gasteiger partial charge in [0.15, 0.2) is 5.65 Å². The molecule has 0 spiro atoms. The molecule has 1 aliphatic carbocycles. The van der Waals surface area contributed by atoms with E-state index < -0.39 is 23.1 Å². The van der Waals surface area contributed by atoms with Gasteiger partial charge in [-0.3, -0.25) is 9.59 Å². The minimum atomic E-state index is -0.830. The molecule has 3 N–H and O–H groups in total. The van der Waals surface area contributed by atoms with Crippen molar-refractivity contribution >= 4 is 22.6 Å². The third kappa shape index (κ3) is 6.55. The number of carbonyl (C=O) groups excluding carboxylic acids is 1. The standard InChI is InChI=1S/C32H30F2N4O3/c33-25-15-14-24(27(34)17-25)19-37-31(39)28-29(35)26-16-23(13-7-12-21-8-3-1-4-9-21)18-36-30(26)38(32(28)40)41-20-22-10-5-2-6-11-22/h2,5-6,10-11,14-18,21H,1,3-4,8-9,12,19-20,35H2,(H,37,39). The lowest BCUT2D eigenvalue weighted by atomic mass is 9.87. The van der Waals surface area contributed by atoms with Crippen LogP contribution in [0.25, 0.3) is 11.0 Å². The minimum Gasteiger partial charge on any atom is -0.404 e. The summed E-state index contributed by atoms with van der Waals surface area (Å²) in [5, 5.41) is 2.83. The highest BCUT2D eigenvalue weighted by atomic mass is 19.1. The molecule has 4 aromatic rings. The van der Waals surface area contributed by atoms with Crippen molar-refractivity contribution < 1.29 is 18.4 Å². The van der Waals surface area contributed by atoms with E-state index in [1.165, 1.54) is 38.2 Å². The third-order valence-electron chi connectivity index (χ3n) is 7.25. The first-order valence-electron chi connectivity index (χ1n) is 13.6. The Hall–Kier alpha value is -4.71. The van der Waals surface area contributed by atoms with Crippen LogP contribution in [0.5, 0.6) is 0 Å². The number of benzene rings is 2. The van der Waals surface area contributed by atoms with Crippen LogP contribution in [0.1, 0.15) is 65.6 Å². The van der Waals surface area contributed by atoms with E-state index in [2.05, 4.69) is 22.1 Å². The predicted molar refractivity (Wildman–Crippen MR) is 153 cm³/mol. The summed E-state index contributed by atoms with van der Waals surface area (Å²) in [6, 6.07) is 13.9. The van der Waals surface area contributed by atoms with Gasteiger partial charge in [-0.25, -0.2) is 13.8 Å². The van der Waals surface area contributed by atoms with Crippen LogP contribution in [0.2, 0.25) is 0 Å². The lowest BCUT2D eigenvalue weighted by Gasteiger charge is -2.18. The number of fused-ring (bicyclic) bond motifs is 1. The number of halogens is 2. The Bertz CT molecular complexity index is 1690. The highest BCUT2D eigenvalue weighted by molar-refractivity contribution is 6.05. The fraction of sp³-hybridized carbons (Fsp3) is 0.281. The van der Waals surface area contributed by atoms with Crippen LogP contribution in [0.4, 0.5) is 14.5 Å². The molecule has 7 nitrogen and oxygen atoms in total. The second-order valence-electron chi connectivity index (χ2n) is 10.2. The number of carbonyl (C=O) groups is 1. The molecule has 2 aromatic carbocycles. The summed E-state index contributed by atoms with van der Waals surface area (Å²) in [7, 11) is 0. The molecule has 210 valence electrons. The molecule has 1 fully saturated rings. The lowest BCUT2D eigenvalue weighted by molar-refractivity contribution is 0.0898. The Balaban J connectivity index is 1.49. The van der Waals surface area contributed by atoms with Gasteiger partial charge in [-0.1, -0.05) is 67.5 Å². The number of pyridine rings is 2. The first-order valence-corrected chi connectivity index (χ1v) is 13.6. The average molecular weight is 557 g/mol. The largest absolute Gasteiger partial charge is 0.404 e. The van der Waals surface area contributed by atoms with Crippen molar-refractivity contribution in [3.05, 3.63) is 105 Å². The first-order chi connectivity index (χ1) is 19.9. The maximum Gasteiger partial charge on any atom is 0.300 e. The summed E-state index contributed by atoms with van der Waals surface area (Å²) in [6.45, 7) is -0.246. The smallest absolute Gasteiger partial charge is 0.300 e. The fourth-order valence-corrected chi connectivity index (χ4v) is 5.00. The van der Waals surface area contributed by atoms with E-state index in [-0.39, 0.29) is 35.6 Å². The summed E-state index contributed by atoms with van der Waals surface area (Å²) < 4.78 is 28.4. The maximum absolute atomic E-state index is 14.1. The SMILES string of the molecule is Nc1c(C(=O)NCc2ccc(F)cc2F)c(=O)n(OCc2ccccc2)c2ncc(C#CCC3CCCCC3)cc12. The average Bonchev–Trinajstić information content (AvgIpc) is 2.98. The quantitative estimate of drug-likeness (QED) is 0.307. The third-order valence-corrected chi connectivity index (χ3v) is 7.25. The Kier molecular flexibility index (Phi) is 8.59. The van der Waals surface area contributed by atoms with E-state index in [0.29, 0.717) is 16.9 Å².